The Morgan fingerprint density at radius 1 is 1.29 bits per heavy atom. The number of aldehydes is 1. The van der Waals surface area contributed by atoms with Crippen molar-refractivity contribution in [1.82, 2.24) is 9.97 Å². The first-order valence-corrected chi connectivity index (χ1v) is 5.13. The third-order valence-corrected chi connectivity index (χ3v) is 2.78. The lowest BCUT2D eigenvalue weighted by Gasteiger charge is -2.04. The van der Waals surface area contributed by atoms with Crippen molar-refractivity contribution in [3.05, 3.63) is 21.7 Å². The van der Waals surface area contributed by atoms with Crippen LogP contribution in [0.5, 0.6) is 0 Å². The average Bonchev–Trinajstić information content (AvgIpc) is 2.93. The Bertz CT molecular complexity index is 354. The lowest BCUT2D eigenvalue weighted by molar-refractivity contribution is -0.107. The highest BCUT2D eigenvalue weighted by Gasteiger charge is 2.28. The normalized spacial score (nSPS) is 15.6. The summed E-state index contributed by atoms with van der Waals surface area (Å²) in [6, 6.07) is 0. The molecule has 74 valence electrons. The molecule has 0 radical (unpaired) electrons. The summed E-state index contributed by atoms with van der Waals surface area (Å²) in [4.78, 5) is 18.6. The Hall–Kier alpha value is -0.670. The van der Waals surface area contributed by atoms with Crippen LogP contribution < -0.4 is 0 Å². The first-order chi connectivity index (χ1) is 6.72. The largest absolute Gasteiger partial charge is 0.303 e. The molecule has 1 saturated carbocycles. The summed E-state index contributed by atoms with van der Waals surface area (Å²) < 4.78 is 0. The predicted molar refractivity (Wildman–Crippen MR) is 53.8 cm³/mol. The summed E-state index contributed by atoms with van der Waals surface area (Å²) in [6.45, 7) is 0. The molecule has 0 aliphatic heterocycles. The highest BCUT2D eigenvalue weighted by atomic mass is 35.5. The van der Waals surface area contributed by atoms with E-state index in [-0.39, 0.29) is 6.42 Å². The topological polar surface area (TPSA) is 42.9 Å². The van der Waals surface area contributed by atoms with Gasteiger partial charge < -0.3 is 4.79 Å². The molecule has 1 aliphatic rings. The maximum Gasteiger partial charge on any atom is 0.137 e. The van der Waals surface area contributed by atoms with Crippen molar-refractivity contribution in [2.75, 3.05) is 0 Å². The Morgan fingerprint density at radius 2 is 1.86 bits per heavy atom. The predicted octanol–water partition coefficient (Wildman–Crippen LogP) is 2.40. The molecular formula is C9H8Cl2N2O. The van der Waals surface area contributed by atoms with Crippen LogP contribution in [-0.2, 0) is 11.2 Å². The highest BCUT2D eigenvalue weighted by molar-refractivity contribution is 6.34. The first-order valence-electron chi connectivity index (χ1n) is 4.38. The molecule has 0 atom stereocenters. The number of hydrogen-bond acceptors (Lipinski definition) is 3. The van der Waals surface area contributed by atoms with Crippen LogP contribution in [0.1, 0.15) is 30.1 Å². The van der Waals surface area contributed by atoms with Gasteiger partial charge in [0.25, 0.3) is 0 Å². The van der Waals surface area contributed by atoms with Gasteiger partial charge in [-0.3, -0.25) is 0 Å². The zero-order valence-electron chi connectivity index (χ0n) is 7.33. The minimum Gasteiger partial charge on any atom is -0.303 e. The molecule has 5 heteroatoms. The van der Waals surface area contributed by atoms with E-state index in [1.54, 1.807) is 0 Å². The van der Waals surface area contributed by atoms with E-state index in [1.165, 1.54) is 0 Å². The molecule has 0 N–H and O–H groups in total. The van der Waals surface area contributed by atoms with E-state index in [2.05, 4.69) is 9.97 Å². The number of nitrogens with zero attached hydrogens (tertiary/aromatic N) is 2. The molecule has 0 bridgehead atoms. The van der Waals surface area contributed by atoms with Gasteiger partial charge in [0.05, 0.1) is 0 Å². The summed E-state index contributed by atoms with van der Waals surface area (Å²) >= 11 is 11.8. The summed E-state index contributed by atoms with van der Waals surface area (Å²) in [6.07, 6.45) is 3.11. The van der Waals surface area contributed by atoms with Gasteiger partial charge in [-0.2, -0.15) is 0 Å². The van der Waals surface area contributed by atoms with Crippen LogP contribution in [0.15, 0.2) is 0 Å². The summed E-state index contributed by atoms with van der Waals surface area (Å²) in [7, 11) is 0. The SMILES string of the molecule is O=CCc1c(Cl)nc(C2CC2)nc1Cl. The fourth-order valence-corrected chi connectivity index (χ4v) is 1.78. The van der Waals surface area contributed by atoms with Crippen molar-refractivity contribution in [3.8, 4) is 0 Å². The molecule has 0 spiro atoms. The third-order valence-electron chi connectivity index (χ3n) is 2.15. The molecule has 0 saturated heterocycles. The molecule has 1 aromatic rings. The van der Waals surface area contributed by atoms with Crippen LogP contribution >= 0.6 is 23.2 Å². The number of hydrogen-bond donors (Lipinski definition) is 0. The lowest BCUT2D eigenvalue weighted by atomic mass is 10.2. The number of carbonyl (C=O) groups is 1. The molecule has 0 amide bonds. The van der Waals surface area contributed by atoms with Gasteiger partial charge in [0, 0.05) is 17.9 Å². The van der Waals surface area contributed by atoms with Crippen molar-refractivity contribution < 1.29 is 4.79 Å². The van der Waals surface area contributed by atoms with Gasteiger partial charge in [-0.05, 0) is 12.8 Å². The second-order valence-corrected chi connectivity index (χ2v) is 4.00. The minimum absolute atomic E-state index is 0.169. The van der Waals surface area contributed by atoms with Crippen LogP contribution in [0, 0.1) is 0 Å². The quantitative estimate of drug-likeness (QED) is 0.592. The lowest BCUT2D eigenvalue weighted by Crippen LogP contribution is -2.00. The smallest absolute Gasteiger partial charge is 0.137 e. The molecule has 2 rings (SSSR count). The Morgan fingerprint density at radius 3 is 2.29 bits per heavy atom. The van der Waals surface area contributed by atoms with Gasteiger partial charge in [0.2, 0.25) is 0 Å². The minimum atomic E-state index is 0.169. The Kier molecular flexibility index (Phi) is 2.70. The van der Waals surface area contributed by atoms with Crippen LogP contribution in [0.25, 0.3) is 0 Å². The second kappa shape index (κ2) is 3.83. The van der Waals surface area contributed by atoms with E-state index in [9.17, 15) is 4.79 Å². The van der Waals surface area contributed by atoms with Crippen molar-refractivity contribution in [2.45, 2.75) is 25.2 Å². The van der Waals surface area contributed by atoms with Gasteiger partial charge in [-0.1, -0.05) is 23.2 Å². The molecule has 14 heavy (non-hydrogen) atoms. The monoisotopic (exact) mass is 230 g/mol. The maximum atomic E-state index is 10.3. The third kappa shape index (κ3) is 1.88. The number of halogens is 2. The van der Waals surface area contributed by atoms with E-state index in [0.717, 1.165) is 19.1 Å². The van der Waals surface area contributed by atoms with E-state index < -0.39 is 0 Å². The summed E-state index contributed by atoms with van der Waals surface area (Å²) in [5.41, 5.74) is 0.521. The number of aromatic nitrogens is 2. The zero-order valence-corrected chi connectivity index (χ0v) is 8.85. The van der Waals surface area contributed by atoms with Crippen LogP contribution in [-0.4, -0.2) is 16.3 Å². The van der Waals surface area contributed by atoms with Crippen LogP contribution in [0.3, 0.4) is 0 Å². The highest BCUT2D eigenvalue weighted by Crippen LogP contribution is 2.39. The zero-order chi connectivity index (χ0) is 10.1. The van der Waals surface area contributed by atoms with Crippen LogP contribution in [0.2, 0.25) is 10.3 Å². The molecular weight excluding hydrogens is 223 g/mol. The van der Waals surface area contributed by atoms with Gasteiger partial charge in [-0.15, -0.1) is 0 Å². The molecule has 1 aliphatic carbocycles. The second-order valence-electron chi connectivity index (χ2n) is 3.29. The van der Waals surface area contributed by atoms with E-state index in [1.807, 2.05) is 0 Å². The Balaban J connectivity index is 2.38. The molecule has 1 aromatic heterocycles. The van der Waals surface area contributed by atoms with E-state index in [4.69, 9.17) is 23.2 Å². The molecule has 0 unspecified atom stereocenters. The molecule has 1 heterocycles. The van der Waals surface area contributed by atoms with Crippen molar-refractivity contribution in [2.24, 2.45) is 0 Å². The maximum absolute atomic E-state index is 10.3. The van der Waals surface area contributed by atoms with Crippen molar-refractivity contribution >= 4 is 29.5 Å². The fourth-order valence-electron chi connectivity index (χ4n) is 1.22. The van der Waals surface area contributed by atoms with Crippen molar-refractivity contribution in [3.63, 3.8) is 0 Å². The fraction of sp³-hybridized carbons (Fsp3) is 0.444. The standard InChI is InChI=1S/C9H8Cl2N2O/c10-7-6(3-4-14)8(11)13-9(12-7)5-1-2-5/h4-5H,1-3H2. The molecule has 0 aromatic carbocycles. The Labute approximate surface area is 91.5 Å². The molecule has 1 fully saturated rings. The summed E-state index contributed by atoms with van der Waals surface area (Å²) in [5.74, 6) is 1.12. The molecule has 3 nitrogen and oxygen atoms in total. The van der Waals surface area contributed by atoms with Crippen molar-refractivity contribution in [1.29, 1.82) is 0 Å². The van der Waals surface area contributed by atoms with Gasteiger partial charge in [0.1, 0.15) is 22.4 Å². The van der Waals surface area contributed by atoms with Gasteiger partial charge in [-0.25, -0.2) is 9.97 Å². The van der Waals surface area contributed by atoms with E-state index in [0.29, 0.717) is 27.6 Å². The van der Waals surface area contributed by atoms with Gasteiger partial charge in [0.15, 0.2) is 0 Å². The number of rotatable bonds is 3. The summed E-state index contributed by atoms with van der Waals surface area (Å²) in [5, 5.41) is 0.609. The van der Waals surface area contributed by atoms with Gasteiger partial charge >= 0.3 is 0 Å². The van der Waals surface area contributed by atoms with E-state index >= 15 is 0 Å². The number of carbonyl (C=O) groups excluding carboxylic acids is 1. The first kappa shape index (κ1) is 9.87. The average molecular weight is 231 g/mol. The van der Waals surface area contributed by atoms with Crippen LogP contribution in [0.4, 0.5) is 0 Å².